The zero-order valence-corrected chi connectivity index (χ0v) is 48.0. The lowest BCUT2D eigenvalue weighted by Crippen LogP contribution is -2.34. The third kappa shape index (κ3) is 29.2. The summed E-state index contributed by atoms with van der Waals surface area (Å²) in [6.07, 6.45) is 2.82. The fourth-order valence-electron chi connectivity index (χ4n) is 6.40. The molecule has 0 aromatic carbocycles. The molecule has 84 heavy (non-hydrogen) atoms. The number of amides is 10. The number of rotatable bonds is 28. The van der Waals surface area contributed by atoms with E-state index in [0.717, 1.165) is 6.42 Å². The standard InChI is InChI=1S/C12H17NO7.C11H15NO7.C10H15NO5.C9H13NO5.C9H13NO4/c1-8(19-11(16)5-6-18-2)7-12(17)20-13-9(14)3-4-10(13)15;1-17-6-4-10(15)18-7-5-11(16)19-12-8(13)2-3-9(12)14;1-7(5-6-15-2)10(14)16-11-8(12)3-4-9(11)13;1-14-6-2-3-9(13)15-10-7(11)4-5-8(10)12;1-2-3-4-9(13)14-10-7(11)5-6-8(10)12/h8H,3-7H2,1-2H3;2-7H2,1H3;7H,3-6H2,1-2H3;2-6H2,1H3;2-6H2,1H3. The third-order valence-electron chi connectivity index (χ3n) is 11.0. The fraction of sp³-hybridized carbons (Fsp3) is 0.667. The van der Waals surface area contributed by atoms with Crippen LogP contribution in [-0.2, 0) is 134 Å². The molecule has 0 aromatic heterocycles. The largest absolute Gasteiger partial charge is 0.465 e. The summed E-state index contributed by atoms with van der Waals surface area (Å²) in [4.78, 5) is 213. The first-order valence-electron chi connectivity index (χ1n) is 26.5. The van der Waals surface area contributed by atoms with E-state index >= 15 is 0 Å². The zero-order valence-electron chi connectivity index (χ0n) is 48.0. The Labute approximate surface area is 482 Å². The maximum Gasteiger partial charge on any atom is 0.336 e. The molecular formula is C51H73N5O28. The van der Waals surface area contributed by atoms with Crippen LogP contribution in [0.1, 0.15) is 149 Å². The van der Waals surface area contributed by atoms with Crippen molar-refractivity contribution in [3.05, 3.63) is 0 Å². The third-order valence-corrected chi connectivity index (χ3v) is 11.0. The number of hydroxylamine groups is 10. The molecule has 5 heterocycles. The molecule has 470 valence electrons. The Balaban J connectivity index is 0.000000528. The van der Waals surface area contributed by atoms with Crippen molar-refractivity contribution in [1.82, 2.24) is 25.3 Å². The van der Waals surface area contributed by atoms with Crippen LogP contribution in [0.4, 0.5) is 0 Å². The Bertz CT molecular complexity index is 2280. The van der Waals surface area contributed by atoms with Crippen molar-refractivity contribution in [2.45, 2.75) is 155 Å². The first kappa shape index (κ1) is 73.8. The molecule has 5 saturated heterocycles. The van der Waals surface area contributed by atoms with E-state index in [-0.39, 0.29) is 123 Å². The van der Waals surface area contributed by atoms with Crippen molar-refractivity contribution >= 4 is 101 Å². The van der Waals surface area contributed by atoms with Crippen LogP contribution in [0.25, 0.3) is 0 Å². The quantitative estimate of drug-likeness (QED) is 0.0587. The maximum atomic E-state index is 11.5. The second-order valence-corrected chi connectivity index (χ2v) is 18.0. The van der Waals surface area contributed by atoms with Gasteiger partial charge < -0.3 is 52.6 Å². The van der Waals surface area contributed by atoms with Gasteiger partial charge >= 0.3 is 41.8 Å². The SMILES string of the molecule is CCCCC(=O)ON1C(=O)CCC1=O.COCCC(=O)OC(C)CC(=O)ON1C(=O)CCC1=O.COCCC(=O)OCCC(=O)ON1C(=O)CCC1=O.COCCC(C)C(=O)ON1C(=O)CCC1=O.COCCCC(=O)ON1C(=O)CCC1=O. The molecule has 2 atom stereocenters. The first-order valence-corrected chi connectivity index (χ1v) is 26.5. The van der Waals surface area contributed by atoms with Crippen molar-refractivity contribution in [2.75, 3.05) is 61.5 Å². The fourth-order valence-corrected chi connectivity index (χ4v) is 6.40. The lowest BCUT2D eigenvalue weighted by molar-refractivity contribution is -0.200. The minimum Gasteiger partial charge on any atom is -0.465 e. The van der Waals surface area contributed by atoms with Crippen LogP contribution in [0.15, 0.2) is 0 Å². The maximum absolute atomic E-state index is 11.5. The normalized spacial score (nSPS) is 16.1. The van der Waals surface area contributed by atoms with Crippen LogP contribution >= 0.6 is 0 Å². The van der Waals surface area contributed by atoms with Gasteiger partial charge in [0.25, 0.3) is 59.1 Å². The van der Waals surface area contributed by atoms with Gasteiger partial charge in [-0.25, -0.2) is 24.0 Å². The predicted octanol–water partition coefficient (Wildman–Crippen LogP) is 0.586. The number of unbranched alkanes of at least 4 members (excludes halogenated alkanes) is 1. The van der Waals surface area contributed by atoms with E-state index in [9.17, 15) is 81.5 Å². The molecule has 0 spiro atoms. The number of ether oxygens (including phenoxy) is 6. The summed E-state index contributed by atoms with van der Waals surface area (Å²) in [7, 11) is 5.97. The van der Waals surface area contributed by atoms with Gasteiger partial charge in [-0.2, -0.15) is 0 Å². The highest BCUT2D eigenvalue weighted by Gasteiger charge is 2.37. The Hall–Kier alpha value is -8.17. The van der Waals surface area contributed by atoms with Crippen LogP contribution in [0.2, 0.25) is 0 Å². The lowest BCUT2D eigenvalue weighted by Gasteiger charge is -2.15. The average Bonchev–Trinajstić information content (AvgIpc) is 4.39. The van der Waals surface area contributed by atoms with Gasteiger partial charge in [0.05, 0.1) is 51.2 Å². The van der Waals surface area contributed by atoms with Crippen molar-refractivity contribution in [3.63, 3.8) is 0 Å². The molecule has 33 heteroatoms. The van der Waals surface area contributed by atoms with Gasteiger partial charge in [0.1, 0.15) is 12.7 Å². The van der Waals surface area contributed by atoms with Crippen LogP contribution in [0, 0.1) is 5.92 Å². The van der Waals surface area contributed by atoms with Crippen molar-refractivity contribution < 1.29 is 134 Å². The zero-order chi connectivity index (χ0) is 63.3. The van der Waals surface area contributed by atoms with Crippen LogP contribution < -0.4 is 0 Å². The van der Waals surface area contributed by atoms with E-state index in [1.54, 1.807) is 6.92 Å². The highest BCUT2D eigenvalue weighted by molar-refractivity contribution is 6.04. The van der Waals surface area contributed by atoms with Gasteiger partial charge in [0.2, 0.25) is 0 Å². The van der Waals surface area contributed by atoms with Crippen molar-refractivity contribution in [3.8, 4) is 0 Å². The number of nitrogens with zero attached hydrogens (tertiary/aromatic N) is 5. The summed E-state index contributed by atoms with van der Waals surface area (Å²) in [6.45, 7) is 6.28. The highest BCUT2D eigenvalue weighted by atomic mass is 16.7. The van der Waals surface area contributed by atoms with E-state index in [1.165, 1.54) is 35.4 Å². The molecule has 0 aromatic rings. The molecule has 5 aliphatic heterocycles. The molecule has 0 bridgehead atoms. The molecule has 5 fully saturated rings. The van der Waals surface area contributed by atoms with Crippen LogP contribution in [0.3, 0.4) is 0 Å². The topological polar surface area (TPSA) is 408 Å². The van der Waals surface area contributed by atoms with Crippen LogP contribution in [-0.4, -0.2) is 194 Å². The number of esters is 2. The first-order chi connectivity index (χ1) is 39.8. The smallest absolute Gasteiger partial charge is 0.336 e. The van der Waals surface area contributed by atoms with E-state index in [2.05, 4.69) is 24.1 Å². The lowest BCUT2D eigenvalue weighted by atomic mass is 10.1. The molecule has 5 aliphatic rings. The summed E-state index contributed by atoms with van der Waals surface area (Å²) >= 11 is 0. The summed E-state index contributed by atoms with van der Waals surface area (Å²) in [5.41, 5.74) is 0. The average molecular weight is 1200 g/mol. The van der Waals surface area contributed by atoms with E-state index in [0.29, 0.717) is 57.8 Å². The predicted molar refractivity (Wildman–Crippen MR) is 271 cm³/mol. The molecule has 10 amide bonds. The monoisotopic (exact) mass is 1200 g/mol. The molecule has 0 saturated carbocycles. The minimum atomic E-state index is -0.805. The minimum absolute atomic E-state index is 0.0354. The second-order valence-electron chi connectivity index (χ2n) is 18.0. The Morgan fingerprint density at radius 3 is 1.04 bits per heavy atom. The number of hydrogen-bond acceptors (Lipinski definition) is 28. The molecule has 0 aliphatic carbocycles. The molecule has 33 nitrogen and oxygen atoms in total. The summed E-state index contributed by atoms with van der Waals surface area (Å²) in [5, 5.41) is 2.61. The number of imide groups is 5. The summed E-state index contributed by atoms with van der Waals surface area (Å²) < 4.78 is 28.6. The Morgan fingerprint density at radius 2 is 0.679 bits per heavy atom. The molecule has 5 rings (SSSR count). The van der Waals surface area contributed by atoms with E-state index in [4.69, 9.17) is 28.5 Å². The summed E-state index contributed by atoms with van der Waals surface area (Å²) in [6, 6.07) is 0. The van der Waals surface area contributed by atoms with Gasteiger partial charge in [-0.1, -0.05) is 20.3 Å². The molecule has 2 unspecified atom stereocenters. The Kier molecular flexibility index (Phi) is 36.0. The molecular weight excluding hydrogens is 1130 g/mol. The van der Waals surface area contributed by atoms with Crippen molar-refractivity contribution in [2.24, 2.45) is 5.92 Å². The second kappa shape index (κ2) is 40.9. The number of carbonyl (C=O) groups excluding carboxylic acids is 17. The van der Waals surface area contributed by atoms with Gasteiger partial charge in [-0.3, -0.25) is 57.5 Å². The van der Waals surface area contributed by atoms with Gasteiger partial charge in [0, 0.05) is 112 Å². The van der Waals surface area contributed by atoms with Gasteiger partial charge in [-0.15, -0.1) is 25.3 Å². The Morgan fingerprint density at radius 1 is 0.369 bits per heavy atom. The highest BCUT2D eigenvalue weighted by Crippen LogP contribution is 2.18. The van der Waals surface area contributed by atoms with E-state index < -0.39 is 113 Å². The van der Waals surface area contributed by atoms with Crippen molar-refractivity contribution in [1.29, 1.82) is 0 Å². The number of hydrogen-bond donors (Lipinski definition) is 0. The van der Waals surface area contributed by atoms with E-state index in [1.807, 2.05) is 6.92 Å². The van der Waals surface area contributed by atoms with Gasteiger partial charge in [-0.05, 0) is 26.2 Å². The van der Waals surface area contributed by atoms with Crippen LogP contribution in [0.5, 0.6) is 0 Å². The molecule has 0 N–H and O–H groups in total. The number of carbonyl (C=O) groups is 17. The molecule has 0 radical (unpaired) electrons. The van der Waals surface area contributed by atoms with Gasteiger partial charge in [0.15, 0.2) is 0 Å². The number of methoxy groups -OCH3 is 4. The summed E-state index contributed by atoms with van der Waals surface area (Å²) in [5.74, 6) is -9.58.